The molecule has 2 fully saturated rings. The lowest BCUT2D eigenvalue weighted by atomic mass is 9.74. The first-order chi connectivity index (χ1) is 8.08. The van der Waals surface area contributed by atoms with Crippen molar-refractivity contribution >= 4 is 5.91 Å². The van der Waals surface area contributed by atoms with E-state index in [1.165, 1.54) is 25.7 Å². The van der Waals surface area contributed by atoms with Crippen LogP contribution in [0.25, 0.3) is 0 Å². The lowest BCUT2D eigenvalue weighted by Gasteiger charge is -2.33. The smallest absolute Gasteiger partial charge is 0.239 e. The van der Waals surface area contributed by atoms with Crippen LogP contribution in [0.15, 0.2) is 0 Å². The number of hydrogen-bond donors (Lipinski definition) is 0. The fourth-order valence-electron chi connectivity index (χ4n) is 3.30. The van der Waals surface area contributed by atoms with Crippen molar-refractivity contribution in [3.8, 4) is 0 Å². The summed E-state index contributed by atoms with van der Waals surface area (Å²) >= 11 is 0. The van der Waals surface area contributed by atoms with Crippen LogP contribution < -0.4 is 0 Å². The third-order valence-electron chi connectivity index (χ3n) is 4.53. The van der Waals surface area contributed by atoms with E-state index in [0.717, 1.165) is 31.3 Å². The molecular weight excluding hydrogens is 212 g/mol. The summed E-state index contributed by atoms with van der Waals surface area (Å²) in [5.41, 5.74) is 0. The molecule has 1 heterocycles. The van der Waals surface area contributed by atoms with Gasteiger partial charge in [0.25, 0.3) is 0 Å². The van der Waals surface area contributed by atoms with Crippen molar-refractivity contribution in [2.24, 2.45) is 11.8 Å². The number of nitrogens with zero attached hydrogens (tertiary/aromatic N) is 2. The molecule has 17 heavy (non-hydrogen) atoms. The summed E-state index contributed by atoms with van der Waals surface area (Å²) in [6, 6.07) is 0.153. The van der Waals surface area contributed by atoms with E-state index < -0.39 is 0 Å². The van der Waals surface area contributed by atoms with Gasteiger partial charge < -0.3 is 4.90 Å². The summed E-state index contributed by atoms with van der Waals surface area (Å²) in [7, 11) is 4.01. The molecule has 0 aromatic rings. The van der Waals surface area contributed by atoms with Crippen LogP contribution >= 0.6 is 0 Å². The van der Waals surface area contributed by atoms with Gasteiger partial charge in [0.1, 0.15) is 0 Å². The minimum atomic E-state index is 0.153. The standard InChI is InChI=1S/C14H26N2O/c1-11-9-12(10-11)5-4-7-15(2)13-6-8-16(3)14(13)17/h11-13H,4-10H2,1-3H3. The SMILES string of the molecule is CC1CC(CCCN(C)C2CCN(C)C2=O)C1. The molecular formula is C14H26N2O. The van der Waals surface area contributed by atoms with Gasteiger partial charge >= 0.3 is 0 Å². The maximum absolute atomic E-state index is 11.8. The molecule has 1 aliphatic heterocycles. The zero-order valence-corrected chi connectivity index (χ0v) is 11.5. The second kappa shape index (κ2) is 5.38. The first-order valence-corrected chi connectivity index (χ1v) is 7.03. The maximum Gasteiger partial charge on any atom is 0.239 e. The van der Waals surface area contributed by atoms with E-state index in [0.29, 0.717) is 5.91 Å². The zero-order valence-electron chi connectivity index (χ0n) is 11.5. The highest BCUT2D eigenvalue weighted by molar-refractivity contribution is 5.83. The molecule has 0 radical (unpaired) electrons. The van der Waals surface area contributed by atoms with Crippen molar-refractivity contribution in [2.75, 3.05) is 27.2 Å². The van der Waals surface area contributed by atoms with Gasteiger partial charge in [-0.3, -0.25) is 9.69 Å². The van der Waals surface area contributed by atoms with Crippen molar-refractivity contribution in [3.63, 3.8) is 0 Å². The Morgan fingerprint density at radius 3 is 2.65 bits per heavy atom. The van der Waals surface area contributed by atoms with Crippen LogP contribution in [-0.4, -0.2) is 48.9 Å². The van der Waals surface area contributed by atoms with Gasteiger partial charge in [-0.2, -0.15) is 0 Å². The second-order valence-electron chi connectivity index (χ2n) is 6.13. The summed E-state index contributed by atoms with van der Waals surface area (Å²) in [6.45, 7) is 4.35. The van der Waals surface area contributed by atoms with Gasteiger partial charge in [0.2, 0.25) is 5.91 Å². The Hall–Kier alpha value is -0.570. The fraction of sp³-hybridized carbons (Fsp3) is 0.929. The first-order valence-electron chi connectivity index (χ1n) is 7.03. The molecule has 2 rings (SSSR count). The van der Waals surface area contributed by atoms with Crippen LogP contribution in [-0.2, 0) is 4.79 Å². The summed E-state index contributed by atoms with van der Waals surface area (Å²) in [4.78, 5) is 16.0. The molecule has 1 unspecified atom stereocenters. The lowest BCUT2D eigenvalue weighted by Crippen LogP contribution is -2.39. The normalized spacial score (nSPS) is 33.3. The van der Waals surface area contributed by atoms with E-state index in [4.69, 9.17) is 0 Å². The number of amides is 1. The monoisotopic (exact) mass is 238 g/mol. The minimum absolute atomic E-state index is 0.153. The molecule has 0 spiro atoms. The Morgan fingerprint density at radius 1 is 1.41 bits per heavy atom. The molecule has 1 saturated carbocycles. The fourth-order valence-corrected chi connectivity index (χ4v) is 3.30. The topological polar surface area (TPSA) is 23.6 Å². The summed E-state index contributed by atoms with van der Waals surface area (Å²) in [6.07, 6.45) is 6.46. The Kier molecular flexibility index (Phi) is 4.08. The van der Waals surface area contributed by atoms with E-state index in [9.17, 15) is 4.79 Å². The Balaban J connectivity index is 1.64. The molecule has 0 bridgehead atoms. The van der Waals surface area contributed by atoms with Crippen molar-refractivity contribution in [2.45, 2.75) is 45.1 Å². The molecule has 1 saturated heterocycles. The molecule has 0 N–H and O–H groups in total. The number of likely N-dealkylation sites (N-methyl/N-ethyl adjacent to an activating group) is 2. The van der Waals surface area contributed by atoms with E-state index in [1.807, 2.05) is 11.9 Å². The van der Waals surface area contributed by atoms with Gasteiger partial charge in [-0.05, 0) is 57.5 Å². The number of hydrogen-bond acceptors (Lipinski definition) is 2. The minimum Gasteiger partial charge on any atom is -0.344 e. The van der Waals surface area contributed by atoms with E-state index in [-0.39, 0.29) is 6.04 Å². The third-order valence-corrected chi connectivity index (χ3v) is 4.53. The lowest BCUT2D eigenvalue weighted by molar-refractivity contribution is -0.130. The highest BCUT2D eigenvalue weighted by Gasteiger charge is 2.32. The van der Waals surface area contributed by atoms with Crippen molar-refractivity contribution in [1.82, 2.24) is 9.80 Å². The number of likely N-dealkylation sites (tertiary alicyclic amines) is 1. The van der Waals surface area contributed by atoms with Crippen LogP contribution in [0.5, 0.6) is 0 Å². The predicted molar refractivity (Wildman–Crippen MR) is 69.8 cm³/mol. The van der Waals surface area contributed by atoms with E-state index in [1.54, 1.807) is 0 Å². The van der Waals surface area contributed by atoms with Crippen LogP contribution in [0.1, 0.15) is 39.0 Å². The summed E-state index contributed by atoms with van der Waals surface area (Å²) in [5, 5.41) is 0. The highest BCUT2D eigenvalue weighted by Crippen LogP contribution is 2.36. The van der Waals surface area contributed by atoms with Crippen LogP contribution in [0, 0.1) is 11.8 Å². The van der Waals surface area contributed by atoms with Crippen molar-refractivity contribution in [1.29, 1.82) is 0 Å². The van der Waals surface area contributed by atoms with Crippen LogP contribution in [0.2, 0.25) is 0 Å². The molecule has 2 aliphatic rings. The van der Waals surface area contributed by atoms with E-state index >= 15 is 0 Å². The average Bonchev–Trinajstić information content (AvgIpc) is 2.57. The molecule has 98 valence electrons. The average molecular weight is 238 g/mol. The molecule has 1 atom stereocenters. The maximum atomic E-state index is 11.8. The largest absolute Gasteiger partial charge is 0.344 e. The van der Waals surface area contributed by atoms with Crippen LogP contribution in [0.3, 0.4) is 0 Å². The Labute approximate surface area is 105 Å². The zero-order chi connectivity index (χ0) is 12.4. The van der Waals surface area contributed by atoms with Gasteiger partial charge in [0.15, 0.2) is 0 Å². The van der Waals surface area contributed by atoms with Crippen molar-refractivity contribution in [3.05, 3.63) is 0 Å². The predicted octanol–water partition coefficient (Wildman–Crippen LogP) is 1.98. The molecule has 0 aromatic carbocycles. The van der Waals surface area contributed by atoms with Crippen molar-refractivity contribution < 1.29 is 4.79 Å². The summed E-state index contributed by atoms with van der Waals surface area (Å²) in [5.74, 6) is 2.24. The molecule has 3 nitrogen and oxygen atoms in total. The highest BCUT2D eigenvalue weighted by atomic mass is 16.2. The number of rotatable bonds is 5. The Morgan fingerprint density at radius 2 is 2.12 bits per heavy atom. The first kappa shape index (κ1) is 12.9. The van der Waals surface area contributed by atoms with Gasteiger partial charge in [0, 0.05) is 13.6 Å². The number of carbonyl (C=O) groups is 1. The molecule has 1 aliphatic carbocycles. The quantitative estimate of drug-likeness (QED) is 0.731. The molecule has 3 heteroatoms. The summed E-state index contributed by atoms with van der Waals surface area (Å²) < 4.78 is 0. The Bertz CT molecular complexity index is 273. The van der Waals surface area contributed by atoms with Gasteiger partial charge in [0.05, 0.1) is 6.04 Å². The van der Waals surface area contributed by atoms with E-state index in [2.05, 4.69) is 18.9 Å². The van der Waals surface area contributed by atoms with Gasteiger partial charge in [-0.15, -0.1) is 0 Å². The second-order valence-corrected chi connectivity index (χ2v) is 6.13. The third kappa shape index (κ3) is 3.01. The van der Waals surface area contributed by atoms with Gasteiger partial charge in [-0.1, -0.05) is 6.92 Å². The van der Waals surface area contributed by atoms with Gasteiger partial charge in [-0.25, -0.2) is 0 Å². The van der Waals surface area contributed by atoms with Crippen LogP contribution in [0.4, 0.5) is 0 Å². The number of carbonyl (C=O) groups excluding carboxylic acids is 1. The molecule has 1 amide bonds. The molecule has 0 aromatic heterocycles.